The molecule has 0 aromatic heterocycles. The summed E-state index contributed by atoms with van der Waals surface area (Å²) in [4.78, 5) is 0. The Morgan fingerprint density at radius 2 is 1.93 bits per heavy atom. The molecular formula is C13H20ClN. The normalized spacial score (nSPS) is 17.8. The Kier molecular flexibility index (Phi) is 4.18. The summed E-state index contributed by atoms with van der Waals surface area (Å²) < 4.78 is 0. The molecule has 0 heterocycles. The van der Waals surface area contributed by atoms with E-state index in [9.17, 15) is 0 Å². The van der Waals surface area contributed by atoms with Gasteiger partial charge in [0.2, 0.25) is 0 Å². The zero-order valence-corrected chi connectivity index (χ0v) is 10.3. The van der Waals surface area contributed by atoms with Crippen LogP contribution in [0.25, 0.3) is 0 Å². The van der Waals surface area contributed by atoms with Gasteiger partial charge < -0.3 is 5.73 Å². The largest absolute Gasteiger partial charge is 0.324 e. The molecule has 0 saturated heterocycles. The van der Waals surface area contributed by atoms with Gasteiger partial charge in [0.15, 0.2) is 0 Å². The molecule has 1 fully saturated rings. The molecule has 1 atom stereocenters. The quantitative estimate of drug-likeness (QED) is 0.819. The summed E-state index contributed by atoms with van der Waals surface area (Å²) >= 11 is 0. The fourth-order valence-corrected chi connectivity index (χ4v) is 2.25. The standard InChI is InChI=1S/C13H19N.ClH/c1-9-6-7-12(10(2)8-9)13(14)11-4-3-5-11;/h6-8,11,13H,3-5,14H2,1-2H3;1H/t13-;/m1./s1. The molecule has 1 aromatic rings. The molecular weight excluding hydrogens is 206 g/mol. The van der Waals surface area contributed by atoms with Gasteiger partial charge in [0.25, 0.3) is 0 Å². The first-order valence-electron chi connectivity index (χ1n) is 5.51. The van der Waals surface area contributed by atoms with Crippen LogP contribution in [-0.2, 0) is 0 Å². The zero-order chi connectivity index (χ0) is 10.1. The van der Waals surface area contributed by atoms with Gasteiger partial charge in [0.1, 0.15) is 0 Å². The van der Waals surface area contributed by atoms with Gasteiger partial charge in [0.05, 0.1) is 0 Å². The molecule has 1 aliphatic carbocycles. The van der Waals surface area contributed by atoms with Gasteiger partial charge in [-0.25, -0.2) is 0 Å². The number of aryl methyl sites for hydroxylation is 2. The van der Waals surface area contributed by atoms with Crippen molar-refractivity contribution in [3.8, 4) is 0 Å². The van der Waals surface area contributed by atoms with Gasteiger partial charge in [-0.15, -0.1) is 12.4 Å². The monoisotopic (exact) mass is 225 g/mol. The van der Waals surface area contributed by atoms with Crippen molar-refractivity contribution in [1.82, 2.24) is 0 Å². The van der Waals surface area contributed by atoms with E-state index >= 15 is 0 Å². The maximum absolute atomic E-state index is 6.25. The molecule has 1 aromatic carbocycles. The van der Waals surface area contributed by atoms with Crippen molar-refractivity contribution in [2.24, 2.45) is 11.7 Å². The van der Waals surface area contributed by atoms with E-state index in [1.165, 1.54) is 36.0 Å². The van der Waals surface area contributed by atoms with E-state index in [0.29, 0.717) is 0 Å². The highest BCUT2D eigenvalue weighted by Gasteiger charge is 2.26. The summed E-state index contributed by atoms with van der Waals surface area (Å²) in [6.07, 6.45) is 3.99. The average Bonchev–Trinajstić information content (AvgIpc) is 2.00. The van der Waals surface area contributed by atoms with E-state index < -0.39 is 0 Å². The SMILES string of the molecule is Cc1ccc([C@H](N)C2CCC2)c(C)c1.Cl. The average molecular weight is 226 g/mol. The highest BCUT2D eigenvalue weighted by atomic mass is 35.5. The fourth-order valence-electron chi connectivity index (χ4n) is 2.25. The van der Waals surface area contributed by atoms with Crippen LogP contribution >= 0.6 is 12.4 Å². The van der Waals surface area contributed by atoms with Crippen LogP contribution in [0.4, 0.5) is 0 Å². The van der Waals surface area contributed by atoms with Crippen LogP contribution in [0, 0.1) is 19.8 Å². The van der Waals surface area contributed by atoms with Gasteiger partial charge >= 0.3 is 0 Å². The summed E-state index contributed by atoms with van der Waals surface area (Å²) in [6.45, 7) is 4.30. The number of halogens is 1. The summed E-state index contributed by atoms with van der Waals surface area (Å²) in [6, 6.07) is 6.87. The molecule has 0 amide bonds. The predicted octanol–water partition coefficient (Wildman–Crippen LogP) is 3.53. The molecule has 0 bridgehead atoms. The van der Waals surface area contributed by atoms with E-state index in [0.717, 1.165) is 5.92 Å². The summed E-state index contributed by atoms with van der Waals surface area (Å²) in [5.41, 5.74) is 10.3. The summed E-state index contributed by atoms with van der Waals surface area (Å²) in [7, 11) is 0. The van der Waals surface area contributed by atoms with Crippen molar-refractivity contribution in [2.75, 3.05) is 0 Å². The van der Waals surface area contributed by atoms with Crippen molar-refractivity contribution >= 4 is 12.4 Å². The van der Waals surface area contributed by atoms with Crippen molar-refractivity contribution < 1.29 is 0 Å². The maximum atomic E-state index is 6.25. The zero-order valence-electron chi connectivity index (χ0n) is 9.49. The lowest BCUT2D eigenvalue weighted by Crippen LogP contribution is -2.27. The van der Waals surface area contributed by atoms with E-state index in [1.807, 2.05) is 0 Å². The minimum absolute atomic E-state index is 0. The van der Waals surface area contributed by atoms with E-state index in [4.69, 9.17) is 5.73 Å². The van der Waals surface area contributed by atoms with E-state index in [2.05, 4.69) is 32.0 Å². The highest BCUT2D eigenvalue weighted by Crippen LogP contribution is 2.37. The number of benzene rings is 1. The Hall–Kier alpha value is -0.530. The lowest BCUT2D eigenvalue weighted by molar-refractivity contribution is 0.264. The van der Waals surface area contributed by atoms with Crippen molar-refractivity contribution in [2.45, 2.75) is 39.2 Å². The lowest BCUT2D eigenvalue weighted by atomic mass is 9.76. The lowest BCUT2D eigenvalue weighted by Gasteiger charge is -2.32. The topological polar surface area (TPSA) is 26.0 Å². The molecule has 0 aliphatic heterocycles. The molecule has 15 heavy (non-hydrogen) atoms. The molecule has 0 radical (unpaired) electrons. The molecule has 1 aliphatic rings. The van der Waals surface area contributed by atoms with Crippen LogP contribution in [0.5, 0.6) is 0 Å². The van der Waals surface area contributed by atoms with Gasteiger partial charge in [-0.3, -0.25) is 0 Å². The molecule has 84 valence electrons. The smallest absolute Gasteiger partial charge is 0.0326 e. The third kappa shape index (κ3) is 2.53. The molecule has 2 heteroatoms. The van der Waals surface area contributed by atoms with Gasteiger partial charge in [-0.05, 0) is 43.7 Å². The Morgan fingerprint density at radius 3 is 2.40 bits per heavy atom. The minimum Gasteiger partial charge on any atom is -0.324 e. The van der Waals surface area contributed by atoms with Crippen LogP contribution in [0.15, 0.2) is 18.2 Å². The Balaban J connectivity index is 0.00000112. The Labute approximate surface area is 98.5 Å². The summed E-state index contributed by atoms with van der Waals surface area (Å²) in [5, 5.41) is 0. The summed E-state index contributed by atoms with van der Waals surface area (Å²) in [5.74, 6) is 0.733. The Bertz CT molecular complexity index is 331. The molecule has 0 spiro atoms. The second kappa shape index (κ2) is 5.00. The third-order valence-corrected chi connectivity index (χ3v) is 3.44. The number of rotatable bonds is 2. The highest BCUT2D eigenvalue weighted by molar-refractivity contribution is 5.85. The van der Waals surface area contributed by atoms with Gasteiger partial charge in [-0.2, -0.15) is 0 Å². The van der Waals surface area contributed by atoms with Gasteiger partial charge in [-0.1, -0.05) is 30.2 Å². The first kappa shape index (κ1) is 12.5. The molecule has 1 saturated carbocycles. The van der Waals surface area contributed by atoms with Crippen molar-refractivity contribution in [3.05, 3.63) is 34.9 Å². The Morgan fingerprint density at radius 1 is 1.27 bits per heavy atom. The second-order valence-corrected chi connectivity index (χ2v) is 4.58. The predicted molar refractivity (Wildman–Crippen MR) is 67.4 cm³/mol. The van der Waals surface area contributed by atoms with E-state index in [1.54, 1.807) is 0 Å². The van der Waals surface area contributed by atoms with Crippen LogP contribution in [0.2, 0.25) is 0 Å². The number of hydrogen-bond acceptors (Lipinski definition) is 1. The van der Waals surface area contributed by atoms with Gasteiger partial charge in [0, 0.05) is 6.04 Å². The maximum Gasteiger partial charge on any atom is 0.0326 e. The van der Waals surface area contributed by atoms with Crippen LogP contribution in [0.1, 0.15) is 42.0 Å². The van der Waals surface area contributed by atoms with Crippen LogP contribution in [-0.4, -0.2) is 0 Å². The third-order valence-electron chi connectivity index (χ3n) is 3.44. The fraction of sp³-hybridized carbons (Fsp3) is 0.538. The minimum atomic E-state index is 0. The number of hydrogen-bond donors (Lipinski definition) is 1. The molecule has 2 N–H and O–H groups in total. The van der Waals surface area contributed by atoms with E-state index in [-0.39, 0.29) is 18.4 Å². The van der Waals surface area contributed by atoms with Crippen LogP contribution < -0.4 is 5.73 Å². The van der Waals surface area contributed by atoms with Crippen LogP contribution in [0.3, 0.4) is 0 Å². The van der Waals surface area contributed by atoms with Crippen molar-refractivity contribution in [1.29, 1.82) is 0 Å². The second-order valence-electron chi connectivity index (χ2n) is 4.58. The molecule has 0 unspecified atom stereocenters. The number of nitrogens with two attached hydrogens (primary N) is 1. The first-order chi connectivity index (χ1) is 6.68. The van der Waals surface area contributed by atoms with Crippen molar-refractivity contribution in [3.63, 3.8) is 0 Å². The molecule has 2 rings (SSSR count). The molecule has 1 nitrogen and oxygen atoms in total. The first-order valence-corrected chi connectivity index (χ1v) is 5.51.